The third-order valence-electron chi connectivity index (χ3n) is 5.26. The molecule has 1 aromatic rings. The molecule has 0 bridgehead atoms. The van der Waals surface area contributed by atoms with Crippen LogP contribution in [0.1, 0.15) is 12.8 Å². The molecule has 2 aliphatic rings. The number of nitrogens with zero attached hydrogens (tertiary/aromatic N) is 4. The van der Waals surface area contributed by atoms with Gasteiger partial charge in [-0.25, -0.2) is 13.4 Å². The number of piperidine rings is 1. The van der Waals surface area contributed by atoms with E-state index >= 15 is 0 Å². The van der Waals surface area contributed by atoms with Crippen molar-refractivity contribution in [3.63, 3.8) is 0 Å². The number of hydrogen-bond acceptors (Lipinski definition) is 8. The summed E-state index contributed by atoms with van der Waals surface area (Å²) in [6.45, 7) is 0.692. The van der Waals surface area contributed by atoms with Crippen LogP contribution < -0.4 is 10.6 Å². The van der Waals surface area contributed by atoms with Crippen molar-refractivity contribution in [3.8, 4) is 11.8 Å². The molecule has 11 heteroatoms. The number of carbonyl (C=O) groups is 1. The van der Waals surface area contributed by atoms with Crippen molar-refractivity contribution in [2.24, 2.45) is 5.84 Å². The van der Waals surface area contributed by atoms with Gasteiger partial charge < -0.3 is 9.64 Å². The first-order valence-corrected chi connectivity index (χ1v) is 11.9. The van der Waals surface area contributed by atoms with Gasteiger partial charge in [-0.3, -0.25) is 10.6 Å². The Morgan fingerprint density at radius 3 is 2.59 bits per heavy atom. The van der Waals surface area contributed by atoms with E-state index in [4.69, 9.17) is 15.8 Å². The van der Waals surface area contributed by atoms with E-state index in [1.54, 1.807) is 28.8 Å². The van der Waals surface area contributed by atoms with Gasteiger partial charge in [0.25, 0.3) is 0 Å². The number of carbonyl (C=O) groups excluding carboxylic acids is 1. The number of nitrogens with two attached hydrogens (primary N) is 1. The summed E-state index contributed by atoms with van der Waals surface area (Å²) in [6, 6.07) is 7.96. The summed E-state index contributed by atoms with van der Waals surface area (Å²) in [5, 5.41) is 10.6. The molecule has 0 saturated carbocycles. The fourth-order valence-corrected chi connectivity index (χ4v) is 6.06. The number of sulfonamides is 1. The Hall–Kier alpha value is -1.84. The largest absolute Gasteiger partial charge is 0.497 e. The standard InChI is InChI=1S/C18H25N5O4S2/c1-27-16-2-4-17(5-3-16)29(25,26)21-8-6-14(7-9-21)23(20)11-18(24)22-13-28-12-15(22)10-19/h2-5,14-15H,6-9,11-13,20H2,1H3/t15-/m1/s1. The summed E-state index contributed by atoms with van der Waals surface area (Å²) in [6.07, 6.45) is 1.07. The second-order valence-electron chi connectivity index (χ2n) is 6.99. The second kappa shape index (κ2) is 9.32. The lowest BCUT2D eigenvalue weighted by atomic mass is 10.1. The minimum atomic E-state index is -3.58. The topological polar surface area (TPSA) is 120 Å². The molecule has 2 saturated heterocycles. The molecular weight excluding hydrogens is 414 g/mol. The second-order valence-corrected chi connectivity index (χ2v) is 9.93. The molecule has 0 radical (unpaired) electrons. The summed E-state index contributed by atoms with van der Waals surface area (Å²) < 4.78 is 32.2. The van der Waals surface area contributed by atoms with E-state index in [9.17, 15) is 13.2 Å². The lowest BCUT2D eigenvalue weighted by Gasteiger charge is -2.36. The Labute approximate surface area is 175 Å². The molecule has 158 valence electrons. The first-order valence-electron chi connectivity index (χ1n) is 9.29. The van der Waals surface area contributed by atoms with Gasteiger partial charge in [0.1, 0.15) is 11.8 Å². The van der Waals surface area contributed by atoms with E-state index < -0.39 is 16.1 Å². The lowest BCUT2D eigenvalue weighted by molar-refractivity contribution is -0.132. The highest BCUT2D eigenvalue weighted by atomic mass is 32.2. The molecule has 2 aliphatic heterocycles. The van der Waals surface area contributed by atoms with Crippen molar-refractivity contribution in [3.05, 3.63) is 24.3 Å². The summed E-state index contributed by atoms with van der Waals surface area (Å²) in [7, 11) is -2.05. The number of rotatable bonds is 6. The minimum absolute atomic E-state index is 0.0225. The van der Waals surface area contributed by atoms with Crippen molar-refractivity contribution < 1.29 is 17.9 Å². The smallest absolute Gasteiger partial charge is 0.243 e. The maximum atomic E-state index is 12.8. The van der Waals surface area contributed by atoms with Crippen LogP contribution in [-0.2, 0) is 14.8 Å². The normalized spacial score (nSPS) is 21.3. The molecular formula is C18H25N5O4S2. The molecule has 0 spiro atoms. The third kappa shape index (κ3) is 4.84. The maximum Gasteiger partial charge on any atom is 0.243 e. The van der Waals surface area contributed by atoms with E-state index in [0.717, 1.165) is 0 Å². The van der Waals surface area contributed by atoms with Crippen LogP contribution in [0.2, 0.25) is 0 Å². The summed E-state index contributed by atoms with van der Waals surface area (Å²) in [5.41, 5.74) is 0. The molecule has 0 unspecified atom stereocenters. The van der Waals surface area contributed by atoms with Crippen molar-refractivity contribution >= 4 is 27.7 Å². The first-order chi connectivity index (χ1) is 13.9. The molecule has 2 N–H and O–H groups in total. The van der Waals surface area contributed by atoms with Crippen LogP contribution >= 0.6 is 11.8 Å². The number of benzene rings is 1. The minimum Gasteiger partial charge on any atom is -0.497 e. The van der Waals surface area contributed by atoms with E-state index in [0.29, 0.717) is 43.3 Å². The van der Waals surface area contributed by atoms with Gasteiger partial charge >= 0.3 is 0 Å². The molecule has 2 heterocycles. The quantitative estimate of drug-likeness (QED) is 0.501. The summed E-state index contributed by atoms with van der Waals surface area (Å²) in [4.78, 5) is 14.2. The molecule has 1 aromatic carbocycles. The third-order valence-corrected chi connectivity index (χ3v) is 8.18. The highest BCUT2D eigenvalue weighted by Crippen LogP contribution is 2.25. The van der Waals surface area contributed by atoms with Crippen LogP contribution in [0.15, 0.2) is 29.2 Å². The van der Waals surface area contributed by atoms with Gasteiger partial charge in [-0.15, -0.1) is 11.8 Å². The summed E-state index contributed by atoms with van der Waals surface area (Å²) >= 11 is 1.55. The van der Waals surface area contributed by atoms with Crippen molar-refractivity contribution in [2.45, 2.75) is 29.8 Å². The predicted octanol–water partition coefficient (Wildman–Crippen LogP) is 0.449. The SMILES string of the molecule is COc1ccc(S(=O)(=O)N2CCC(N(N)CC(=O)N3CSC[C@H]3C#N)CC2)cc1. The Balaban J connectivity index is 1.55. The van der Waals surface area contributed by atoms with E-state index in [1.165, 1.54) is 28.6 Å². The van der Waals surface area contributed by atoms with Crippen LogP contribution in [0, 0.1) is 11.3 Å². The van der Waals surface area contributed by atoms with Crippen LogP contribution in [0.5, 0.6) is 5.75 Å². The van der Waals surface area contributed by atoms with Crippen LogP contribution in [0.4, 0.5) is 0 Å². The van der Waals surface area contributed by atoms with Gasteiger partial charge in [0.15, 0.2) is 0 Å². The maximum absolute atomic E-state index is 12.8. The van der Waals surface area contributed by atoms with Gasteiger partial charge in [0, 0.05) is 24.9 Å². The lowest BCUT2D eigenvalue weighted by Crippen LogP contribution is -2.53. The zero-order valence-electron chi connectivity index (χ0n) is 16.2. The number of ether oxygens (including phenoxy) is 1. The highest BCUT2D eigenvalue weighted by Gasteiger charge is 2.34. The van der Waals surface area contributed by atoms with Crippen LogP contribution in [-0.4, -0.2) is 79.0 Å². The number of nitriles is 1. The fourth-order valence-electron chi connectivity index (χ4n) is 3.48. The Kier molecular flexibility index (Phi) is 7.02. The molecule has 0 aliphatic carbocycles. The number of thioether (sulfide) groups is 1. The van der Waals surface area contributed by atoms with Crippen molar-refractivity contribution in [2.75, 3.05) is 38.4 Å². The number of methoxy groups -OCH3 is 1. The zero-order chi connectivity index (χ0) is 21.0. The fraction of sp³-hybridized carbons (Fsp3) is 0.556. The molecule has 1 atom stereocenters. The van der Waals surface area contributed by atoms with Crippen molar-refractivity contribution in [1.82, 2.24) is 14.2 Å². The average molecular weight is 440 g/mol. The van der Waals surface area contributed by atoms with Gasteiger partial charge in [-0.1, -0.05) is 0 Å². The van der Waals surface area contributed by atoms with E-state index in [2.05, 4.69) is 6.07 Å². The first kappa shape index (κ1) is 21.9. The monoisotopic (exact) mass is 439 g/mol. The molecule has 9 nitrogen and oxygen atoms in total. The Morgan fingerprint density at radius 1 is 1.34 bits per heavy atom. The van der Waals surface area contributed by atoms with Crippen LogP contribution in [0.3, 0.4) is 0 Å². The Bertz CT molecular complexity index is 863. The van der Waals surface area contributed by atoms with Gasteiger partial charge in [-0.05, 0) is 37.1 Å². The highest BCUT2D eigenvalue weighted by molar-refractivity contribution is 7.99. The van der Waals surface area contributed by atoms with E-state index in [-0.39, 0.29) is 23.4 Å². The van der Waals surface area contributed by atoms with Crippen molar-refractivity contribution in [1.29, 1.82) is 5.26 Å². The number of amides is 1. The molecule has 0 aromatic heterocycles. The zero-order valence-corrected chi connectivity index (χ0v) is 17.9. The molecule has 1 amide bonds. The molecule has 2 fully saturated rings. The van der Waals surface area contributed by atoms with Crippen LogP contribution in [0.25, 0.3) is 0 Å². The average Bonchev–Trinajstić information content (AvgIpc) is 3.23. The van der Waals surface area contributed by atoms with Gasteiger partial charge in [0.2, 0.25) is 15.9 Å². The van der Waals surface area contributed by atoms with Gasteiger partial charge in [-0.2, -0.15) is 9.57 Å². The molecule has 29 heavy (non-hydrogen) atoms. The Morgan fingerprint density at radius 2 is 2.00 bits per heavy atom. The number of hydrazine groups is 1. The predicted molar refractivity (Wildman–Crippen MR) is 109 cm³/mol. The van der Waals surface area contributed by atoms with E-state index in [1.807, 2.05) is 0 Å². The van der Waals surface area contributed by atoms with Gasteiger partial charge in [0.05, 0.1) is 30.5 Å². The number of hydrogen-bond donors (Lipinski definition) is 1. The molecule has 3 rings (SSSR count). The summed E-state index contributed by atoms with van der Waals surface area (Å²) in [5.74, 6) is 7.67.